The highest BCUT2D eigenvalue weighted by Gasteiger charge is 2.31. The lowest BCUT2D eigenvalue weighted by Crippen LogP contribution is -2.17. The lowest BCUT2D eigenvalue weighted by molar-refractivity contribution is -0.274. The Labute approximate surface area is 110 Å². The molecular weight excluding hydrogens is 283 g/mol. The van der Waals surface area contributed by atoms with Crippen molar-refractivity contribution in [1.29, 1.82) is 0 Å². The van der Waals surface area contributed by atoms with Crippen LogP contribution in [-0.2, 0) is 5.75 Å². The minimum atomic E-state index is -4.65. The zero-order chi connectivity index (χ0) is 13.0. The SMILES string of the molecule is FC(F)(F)Oc1cccc(CSc2nccs2)c1. The second-order valence-electron chi connectivity index (χ2n) is 3.28. The molecule has 0 unspecified atom stereocenters. The van der Waals surface area contributed by atoms with Crippen molar-refractivity contribution in [2.24, 2.45) is 0 Å². The molecule has 0 fully saturated rings. The van der Waals surface area contributed by atoms with Crippen LogP contribution in [0.15, 0.2) is 40.2 Å². The summed E-state index contributed by atoms with van der Waals surface area (Å²) in [7, 11) is 0. The molecule has 2 nitrogen and oxygen atoms in total. The van der Waals surface area contributed by atoms with Gasteiger partial charge in [0.25, 0.3) is 0 Å². The maximum absolute atomic E-state index is 12.0. The second kappa shape index (κ2) is 5.62. The number of ether oxygens (including phenoxy) is 1. The van der Waals surface area contributed by atoms with E-state index in [0.29, 0.717) is 5.75 Å². The monoisotopic (exact) mass is 291 g/mol. The first-order valence-electron chi connectivity index (χ1n) is 4.90. The van der Waals surface area contributed by atoms with Crippen LogP contribution in [0.1, 0.15) is 5.56 Å². The molecule has 0 amide bonds. The van der Waals surface area contributed by atoms with Crippen molar-refractivity contribution in [3.63, 3.8) is 0 Å². The lowest BCUT2D eigenvalue weighted by Gasteiger charge is -2.09. The van der Waals surface area contributed by atoms with Gasteiger partial charge in [0.15, 0.2) is 0 Å². The largest absolute Gasteiger partial charge is 0.573 e. The normalized spacial score (nSPS) is 11.5. The van der Waals surface area contributed by atoms with E-state index in [1.165, 1.54) is 35.2 Å². The molecule has 7 heteroatoms. The van der Waals surface area contributed by atoms with Gasteiger partial charge in [-0.25, -0.2) is 4.98 Å². The van der Waals surface area contributed by atoms with Crippen LogP contribution in [0, 0.1) is 0 Å². The molecule has 0 bridgehead atoms. The molecule has 1 aromatic carbocycles. The van der Waals surface area contributed by atoms with Crippen LogP contribution in [0.5, 0.6) is 5.75 Å². The van der Waals surface area contributed by atoms with Crippen LogP contribution in [0.2, 0.25) is 0 Å². The smallest absolute Gasteiger partial charge is 0.406 e. The lowest BCUT2D eigenvalue weighted by atomic mass is 10.2. The molecular formula is C11H8F3NOS2. The molecule has 1 aromatic heterocycles. The molecule has 2 aromatic rings. The molecule has 0 aliphatic heterocycles. The van der Waals surface area contributed by atoms with E-state index in [1.54, 1.807) is 18.3 Å². The molecule has 0 atom stereocenters. The summed E-state index contributed by atoms with van der Waals surface area (Å²) in [5, 5.41) is 1.85. The average molecular weight is 291 g/mol. The molecule has 18 heavy (non-hydrogen) atoms. The number of benzene rings is 1. The quantitative estimate of drug-likeness (QED) is 0.783. The summed E-state index contributed by atoms with van der Waals surface area (Å²) in [5.41, 5.74) is 0.761. The highest BCUT2D eigenvalue weighted by atomic mass is 32.2. The van der Waals surface area contributed by atoms with Gasteiger partial charge >= 0.3 is 6.36 Å². The number of thioether (sulfide) groups is 1. The molecule has 0 aliphatic rings. The average Bonchev–Trinajstić information content (AvgIpc) is 2.77. The number of hydrogen-bond acceptors (Lipinski definition) is 4. The van der Waals surface area contributed by atoms with Gasteiger partial charge in [-0.2, -0.15) is 0 Å². The molecule has 0 N–H and O–H groups in total. The van der Waals surface area contributed by atoms with E-state index >= 15 is 0 Å². The maximum atomic E-state index is 12.0. The van der Waals surface area contributed by atoms with Crippen LogP contribution in [0.3, 0.4) is 0 Å². The zero-order valence-corrected chi connectivity index (χ0v) is 10.6. The van der Waals surface area contributed by atoms with Gasteiger partial charge in [0.2, 0.25) is 0 Å². The minimum Gasteiger partial charge on any atom is -0.406 e. The number of thiazole rings is 1. The van der Waals surface area contributed by atoms with Gasteiger partial charge in [-0.1, -0.05) is 23.9 Å². The van der Waals surface area contributed by atoms with Gasteiger partial charge in [0.1, 0.15) is 10.1 Å². The van der Waals surface area contributed by atoms with Crippen molar-refractivity contribution < 1.29 is 17.9 Å². The molecule has 0 saturated carbocycles. The Hall–Kier alpha value is -1.21. The van der Waals surface area contributed by atoms with Crippen molar-refractivity contribution in [2.75, 3.05) is 0 Å². The fourth-order valence-corrected chi connectivity index (χ4v) is 2.84. The summed E-state index contributed by atoms with van der Waals surface area (Å²) in [6, 6.07) is 5.96. The molecule has 0 radical (unpaired) electrons. The third kappa shape index (κ3) is 4.23. The number of hydrogen-bond donors (Lipinski definition) is 0. The van der Waals surface area contributed by atoms with E-state index < -0.39 is 6.36 Å². The molecule has 2 rings (SSSR count). The Morgan fingerprint density at radius 1 is 1.33 bits per heavy atom. The van der Waals surface area contributed by atoms with Crippen molar-refractivity contribution in [3.05, 3.63) is 41.4 Å². The van der Waals surface area contributed by atoms with Gasteiger partial charge < -0.3 is 4.74 Å². The Balaban J connectivity index is 1.99. The van der Waals surface area contributed by atoms with Crippen LogP contribution in [0.25, 0.3) is 0 Å². The zero-order valence-electron chi connectivity index (χ0n) is 8.98. The first-order chi connectivity index (χ1) is 8.53. The Kier molecular flexibility index (Phi) is 4.13. The van der Waals surface area contributed by atoms with Crippen LogP contribution in [0.4, 0.5) is 13.2 Å². The van der Waals surface area contributed by atoms with Crippen LogP contribution >= 0.6 is 23.1 Å². The van der Waals surface area contributed by atoms with Crippen molar-refractivity contribution in [3.8, 4) is 5.75 Å². The minimum absolute atomic E-state index is 0.195. The predicted molar refractivity (Wildman–Crippen MR) is 64.8 cm³/mol. The fraction of sp³-hybridized carbons (Fsp3) is 0.182. The van der Waals surface area contributed by atoms with Crippen LogP contribution < -0.4 is 4.74 Å². The first kappa shape index (κ1) is 13.2. The summed E-state index contributed by atoms with van der Waals surface area (Å²) in [6.45, 7) is 0. The van der Waals surface area contributed by atoms with Crippen LogP contribution in [-0.4, -0.2) is 11.3 Å². The van der Waals surface area contributed by atoms with Crippen molar-refractivity contribution in [2.45, 2.75) is 16.5 Å². The summed E-state index contributed by atoms with van der Waals surface area (Å²) in [4.78, 5) is 4.08. The number of halogens is 3. The molecule has 0 spiro atoms. The van der Waals surface area contributed by atoms with Gasteiger partial charge in [0.05, 0.1) is 0 Å². The van der Waals surface area contributed by atoms with E-state index in [2.05, 4.69) is 9.72 Å². The van der Waals surface area contributed by atoms with E-state index in [1.807, 2.05) is 5.38 Å². The van der Waals surface area contributed by atoms with Crippen molar-refractivity contribution in [1.82, 2.24) is 4.98 Å². The first-order valence-corrected chi connectivity index (χ1v) is 6.76. The van der Waals surface area contributed by atoms with E-state index in [9.17, 15) is 13.2 Å². The Morgan fingerprint density at radius 3 is 2.83 bits per heavy atom. The number of alkyl halides is 3. The standard InChI is InChI=1S/C11H8F3NOS2/c12-11(13,14)16-9-3-1-2-8(6-9)7-18-10-15-4-5-17-10/h1-6H,7H2. The van der Waals surface area contributed by atoms with Gasteiger partial charge in [-0.05, 0) is 17.7 Å². The predicted octanol–water partition coefficient (Wildman–Crippen LogP) is 4.33. The molecule has 0 aliphatic carbocycles. The Bertz CT molecular complexity index is 499. The summed E-state index contributed by atoms with van der Waals surface area (Å²) in [5.74, 6) is 0.363. The molecule has 0 saturated heterocycles. The second-order valence-corrected chi connectivity index (χ2v) is 5.40. The highest BCUT2D eigenvalue weighted by Crippen LogP contribution is 2.28. The van der Waals surface area contributed by atoms with Gasteiger partial charge in [-0.3, -0.25) is 0 Å². The maximum Gasteiger partial charge on any atom is 0.573 e. The number of aromatic nitrogens is 1. The number of rotatable bonds is 4. The van der Waals surface area contributed by atoms with E-state index in [4.69, 9.17) is 0 Å². The van der Waals surface area contributed by atoms with Gasteiger partial charge in [0, 0.05) is 17.3 Å². The number of nitrogens with zero attached hydrogens (tertiary/aromatic N) is 1. The topological polar surface area (TPSA) is 22.1 Å². The van der Waals surface area contributed by atoms with Gasteiger partial charge in [-0.15, -0.1) is 24.5 Å². The van der Waals surface area contributed by atoms with E-state index in [-0.39, 0.29) is 5.75 Å². The third-order valence-corrected chi connectivity index (χ3v) is 3.94. The Morgan fingerprint density at radius 2 is 2.17 bits per heavy atom. The summed E-state index contributed by atoms with van der Waals surface area (Å²) in [6.07, 6.45) is -2.96. The molecule has 96 valence electrons. The summed E-state index contributed by atoms with van der Waals surface area (Å²) < 4.78 is 40.9. The van der Waals surface area contributed by atoms with E-state index in [0.717, 1.165) is 9.90 Å². The fourth-order valence-electron chi connectivity index (χ4n) is 1.26. The molecule has 1 heterocycles. The summed E-state index contributed by atoms with van der Waals surface area (Å²) >= 11 is 2.97. The third-order valence-electron chi connectivity index (χ3n) is 1.90. The highest BCUT2D eigenvalue weighted by molar-refractivity contribution is 8.00. The van der Waals surface area contributed by atoms with Crippen molar-refractivity contribution >= 4 is 23.1 Å².